The van der Waals surface area contributed by atoms with Crippen LogP contribution in [0.2, 0.25) is 0 Å². The van der Waals surface area contributed by atoms with Gasteiger partial charge < -0.3 is 19.3 Å². The number of aromatic nitrogens is 1. The maximum atomic E-state index is 12.8. The van der Waals surface area contributed by atoms with Gasteiger partial charge in [0.25, 0.3) is 0 Å². The van der Waals surface area contributed by atoms with Gasteiger partial charge in [-0.3, -0.25) is 4.79 Å². The summed E-state index contributed by atoms with van der Waals surface area (Å²) in [4.78, 5) is 11.4. The third kappa shape index (κ3) is 5.26. The predicted molar refractivity (Wildman–Crippen MR) is 112 cm³/mol. The van der Waals surface area contributed by atoms with Crippen molar-refractivity contribution < 1.29 is 27.2 Å². The highest BCUT2D eigenvalue weighted by atomic mass is 32.2. The highest BCUT2D eigenvalue weighted by Crippen LogP contribution is 2.27. The fourth-order valence-corrected chi connectivity index (χ4v) is 4.36. The maximum absolute atomic E-state index is 12.8. The van der Waals surface area contributed by atoms with Gasteiger partial charge in [-0.25, -0.2) is 13.1 Å². The van der Waals surface area contributed by atoms with E-state index in [0.717, 1.165) is 12.8 Å². The molecule has 2 heterocycles. The van der Waals surface area contributed by atoms with Gasteiger partial charge in [0.15, 0.2) is 5.76 Å². The quantitative estimate of drug-likeness (QED) is 0.654. The van der Waals surface area contributed by atoms with E-state index in [1.807, 2.05) is 0 Å². The normalized spacial score (nSPS) is 16.8. The van der Waals surface area contributed by atoms with Crippen molar-refractivity contribution in [2.75, 3.05) is 25.6 Å². The average molecular weight is 436 g/mol. The number of sulfonamides is 1. The molecule has 0 spiro atoms. The Morgan fingerprint density at radius 2 is 2.17 bits per heavy atom. The summed E-state index contributed by atoms with van der Waals surface area (Å²) in [6.07, 6.45) is 4.93. The number of methoxy groups -OCH3 is 1. The summed E-state index contributed by atoms with van der Waals surface area (Å²) in [5.41, 5.74) is 1.62. The zero-order valence-corrected chi connectivity index (χ0v) is 17.9. The Morgan fingerprint density at radius 1 is 1.37 bits per heavy atom. The minimum atomic E-state index is -3.80. The first-order chi connectivity index (χ1) is 14.3. The number of carbonyl (C=O) groups is 1. The van der Waals surface area contributed by atoms with Crippen molar-refractivity contribution >= 4 is 33.8 Å². The third-order valence-corrected chi connectivity index (χ3v) is 6.06. The number of rotatable bonds is 8. The van der Waals surface area contributed by atoms with Crippen LogP contribution in [-0.4, -0.2) is 45.8 Å². The fraction of sp³-hybridized carbons (Fsp3) is 0.400. The van der Waals surface area contributed by atoms with Crippen LogP contribution in [0.4, 0.5) is 5.69 Å². The van der Waals surface area contributed by atoms with Crippen LogP contribution in [0, 0.1) is 6.92 Å². The summed E-state index contributed by atoms with van der Waals surface area (Å²) in [7, 11) is -2.38. The molecule has 1 unspecified atom stereocenters. The molecule has 0 saturated carbocycles. The van der Waals surface area contributed by atoms with Crippen molar-refractivity contribution in [1.29, 1.82) is 0 Å². The first-order valence-electron chi connectivity index (χ1n) is 9.51. The number of carbonyl (C=O) groups excluding carboxylic acids is 1. The number of ether oxygens (including phenoxy) is 2. The Kier molecular flexibility index (Phi) is 6.91. The monoisotopic (exact) mass is 435 g/mol. The molecule has 0 bridgehead atoms. The molecule has 1 amide bonds. The second-order valence-electron chi connectivity index (χ2n) is 6.92. The van der Waals surface area contributed by atoms with Crippen molar-refractivity contribution in [2.45, 2.75) is 37.7 Å². The smallest absolute Gasteiger partial charge is 0.244 e. The van der Waals surface area contributed by atoms with Crippen molar-refractivity contribution in [1.82, 2.24) is 9.88 Å². The summed E-state index contributed by atoms with van der Waals surface area (Å²) < 4.78 is 44.2. The topological polar surface area (TPSA) is 120 Å². The minimum absolute atomic E-state index is 0.0287. The van der Waals surface area contributed by atoms with Crippen molar-refractivity contribution in [3.05, 3.63) is 35.2 Å². The highest BCUT2D eigenvalue weighted by molar-refractivity contribution is 7.89. The third-order valence-electron chi connectivity index (χ3n) is 4.62. The molecule has 2 N–H and O–H groups in total. The number of benzene rings is 1. The zero-order chi connectivity index (χ0) is 21.7. The summed E-state index contributed by atoms with van der Waals surface area (Å²) in [6, 6.07) is 4.81. The lowest BCUT2D eigenvalue weighted by atomic mass is 10.2. The summed E-state index contributed by atoms with van der Waals surface area (Å²) >= 11 is 0. The Balaban J connectivity index is 1.84. The highest BCUT2D eigenvalue weighted by Gasteiger charge is 2.23. The number of nitrogens with zero attached hydrogens (tertiary/aromatic N) is 1. The lowest BCUT2D eigenvalue weighted by molar-refractivity contribution is -0.114. The molecule has 1 fully saturated rings. The molecule has 0 radical (unpaired) electrons. The molecule has 0 aliphatic carbocycles. The maximum Gasteiger partial charge on any atom is 0.244 e. The molecule has 1 aliphatic rings. The standard InChI is InChI=1S/C20H25N3O6S/c1-13-20(22-14(2)24)18(29-23-13)9-7-15-6-8-17(27-3)19(11-15)30(25,26)21-12-16-5-4-10-28-16/h6-9,11,16,21H,4-5,10,12H2,1-3H3,(H,22,24). The molecule has 3 rings (SSSR count). The number of anilines is 1. The molecule has 1 saturated heterocycles. The largest absolute Gasteiger partial charge is 0.495 e. The van der Waals surface area contributed by atoms with Crippen LogP contribution in [0.1, 0.15) is 36.8 Å². The Labute approximate surface area is 175 Å². The molecule has 9 nitrogen and oxygen atoms in total. The second kappa shape index (κ2) is 9.41. The first kappa shape index (κ1) is 22.0. The van der Waals surface area contributed by atoms with Gasteiger partial charge >= 0.3 is 0 Å². The van der Waals surface area contributed by atoms with E-state index in [2.05, 4.69) is 15.2 Å². The first-order valence-corrected chi connectivity index (χ1v) is 11.0. The van der Waals surface area contributed by atoms with Crippen molar-refractivity contribution in [3.63, 3.8) is 0 Å². The lowest BCUT2D eigenvalue weighted by Gasteiger charge is -2.14. The summed E-state index contributed by atoms with van der Waals surface area (Å²) in [5, 5.41) is 6.52. The lowest BCUT2D eigenvalue weighted by Crippen LogP contribution is -2.32. The van der Waals surface area contributed by atoms with Crippen LogP contribution in [0.25, 0.3) is 12.2 Å². The molecule has 10 heteroatoms. The molecule has 1 aliphatic heterocycles. The zero-order valence-electron chi connectivity index (χ0n) is 17.1. The van der Waals surface area contributed by atoms with E-state index in [1.54, 1.807) is 31.2 Å². The van der Waals surface area contributed by atoms with Gasteiger partial charge in [0, 0.05) is 20.1 Å². The van der Waals surface area contributed by atoms with Gasteiger partial charge in [-0.15, -0.1) is 0 Å². The van der Waals surface area contributed by atoms with E-state index in [-0.39, 0.29) is 29.2 Å². The number of amides is 1. The molecule has 1 atom stereocenters. The van der Waals surface area contributed by atoms with Crippen LogP contribution in [0.5, 0.6) is 5.75 Å². The van der Waals surface area contributed by atoms with Crippen LogP contribution in [0.15, 0.2) is 27.6 Å². The van der Waals surface area contributed by atoms with Gasteiger partial charge in [-0.1, -0.05) is 17.3 Å². The molecule has 2 aromatic rings. The van der Waals surface area contributed by atoms with Crippen LogP contribution < -0.4 is 14.8 Å². The summed E-state index contributed by atoms with van der Waals surface area (Å²) in [6.45, 7) is 3.97. The Morgan fingerprint density at radius 3 is 2.83 bits per heavy atom. The van der Waals surface area contributed by atoms with Crippen molar-refractivity contribution in [3.8, 4) is 5.75 Å². The van der Waals surface area contributed by atoms with Gasteiger partial charge in [0.1, 0.15) is 22.0 Å². The van der Waals surface area contributed by atoms with Crippen LogP contribution >= 0.6 is 0 Å². The number of aryl methyl sites for hydroxylation is 1. The van der Waals surface area contributed by atoms with E-state index in [4.69, 9.17) is 14.0 Å². The SMILES string of the molecule is COc1ccc(C=Cc2onc(C)c2NC(C)=O)cc1S(=O)(=O)NCC1CCCO1. The van der Waals surface area contributed by atoms with E-state index in [9.17, 15) is 13.2 Å². The molecular formula is C20H25N3O6S. The van der Waals surface area contributed by atoms with E-state index in [1.165, 1.54) is 20.1 Å². The number of hydrogen-bond donors (Lipinski definition) is 2. The molecule has 162 valence electrons. The van der Waals surface area contributed by atoms with Gasteiger partial charge in [-0.05, 0) is 43.5 Å². The van der Waals surface area contributed by atoms with Gasteiger partial charge in [0.05, 0.1) is 13.2 Å². The van der Waals surface area contributed by atoms with E-state index in [0.29, 0.717) is 29.3 Å². The second-order valence-corrected chi connectivity index (χ2v) is 8.65. The Bertz CT molecular complexity index is 1040. The molecular weight excluding hydrogens is 410 g/mol. The predicted octanol–water partition coefficient (Wildman–Crippen LogP) is 2.58. The van der Waals surface area contributed by atoms with Crippen LogP contribution in [0.3, 0.4) is 0 Å². The fourth-order valence-electron chi connectivity index (χ4n) is 3.09. The van der Waals surface area contributed by atoms with E-state index < -0.39 is 10.0 Å². The number of hydrogen-bond acceptors (Lipinski definition) is 7. The molecule has 1 aromatic carbocycles. The minimum Gasteiger partial charge on any atom is -0.495 e. The Hall–Kier alpha value is -2.69. The van der Waals surface area contributed by atoms with Crippen LogP contribution in [-0.2, 0) is 19.6 Å². The molecule has 1 aromatic heterocycles. The number of nitrogens with one attached hydrogen (secondary N) is 2. The average Bonchev–Trinajstić information content (AvgIpc) is 3.35. The molecule has 30 heavy (non-hydrogen) atoms. The van der Waals surface area contributed by atoms with Gasteiger partial charge in [0.2, 0.25) is 15.9 Å². The van der Waals surface area contributed by atoms with E-state index >= 15 is 0 Å². The van der Waals surface area contributed by atoms with Crippen molar-refractivity contribution in [2.24, 2.45) is 0 Å². The van der Waals surface area contributed by atoms with Gasteiger partial charge in [-0.2, -0.15) is 0 Å². The summed E-state index contributed by atoms with van der Waals surface area (Å²) in [5.74, 6) is 0.354.